The van der Waals surface area contributed by atoms with Crippen LogP contribution >= 0.6 is 0 Å². The molecule has 3 N–H and O–H groups in total. The van der Waals surface area contributed by atoms with Gasteiger partial charge >= 0.3 is 0 Å². The SMILES string of the molecule is CCC(C)N/C(=N/C(=O)c1cccc(C#N)c1)Nc1cc(-c2cc(F)cc(F)c2)n[nH]1. The average molecular weight is 422 g/mol. The molecule has 1 unspecified atom stereocenters. The fraction of sp³-hybridized carbons (Fsp3) is 0.182. The molecule has 0 aliphatic heterocycles. The third kappa shape index (κ3) is 5.73. The van der Waals surface area contributed by atoms with Crippen molar-refractivity contribution < 1.29 is 13.6 Å². The van der Waals surface area contributed by atoms with E-state index in [4.69, 9.17) is 5.26 Å². The number of hydrogen-bond acceptors (Lipinski definition) is 3. The Morgan fingerprint density at radius 3 is 2.65 bits per heavy atom. The van der Waals surface area contributed by atoms with E-state index in [9.17, 15) is 13.6 Å². The second-order valence-corrected chi connectivity index (χ2v) is 6.86. The molecule has 3 rings (SSSR count). The van der Waals surface area contributed by atoms with Crippen molar-refractivity contribution in [3.05, 3.63) is 71.3 Å². The summed E-state index contributed by atoms with van der Waals surface area (Å²) in [7, 11) is 0. The van der Waals surface area contributed by atoms with Crippen molar-refractivity contribution in [1.82, 2.24) is 15.5 Å². The van der Waals surface area contributed by atoms with Crippen molar-refractivity contribution in [2.75, 3.05) is 5.32 Å². The van der Waals surface area contributed by atoms with Crippen LogP contribution in [0.15, 0.2) is 53.5 Å². The maximum Gasteiger partial charge on any atom is 0.280 e. The third-order valence-corrected chi connectivity index (χ3v) is 4.44. The van der Waals surface area contributed by atoms with Gasteiger partial charge in [-0.05, 0) is 43.7 Å². The first-order valence-electron chi connectivity index (χ1n) is 9.56. The first-order valence-corrected chi connectivity index (χ1v) is 9.56. The molecule has 0 radical (unpaired) electrons. The second kappa shape index (κ2) is 9.63. The maximum atomic E-state index is 13.5. The number of amides is 1. The Balaban J connectivity index is 1.86. The summed E-state index contributed by atoms with van der Waals surface area (Å²) in [6.07, 6.45) is 0.773. The molecule has 158 valence electrons. The van der Waals surface area contributed by atoms with Gasteiger partial charge in [0, 0.05) is 29.3 Å². The minimum atomic E-state index is -0.710. The van der Waals surface area contributed by atoms with Crippen LogP contribution in [0.5, 0.6) is 0 Å². The number of nitrogens with one attached hydrogen (secondary N) is 3. The number of aromatic amines is 1. The van der Waals surface area contributed by atoms with Crippen LogP contribution < -0.4 is 10.6 Å². The quantitative estimate of drug-likeness (QED) is 0.422. The Morgan fingerprint density at radius 2 is 1.97 bits per heavy atom. The number of halogens is 2. The highest BCUT2D eigenvalue weighted by atomic mass is 19.1. The zero-order valence-corrected chi connectivity index (χ0v) is 16.9. The van der Waals surface area contributed by atoms with Crippen LogP contribution in [0.1, 0.15) is 36.2 Å². The second-order valence-electron chi connectivity index (χ2n) is 6.86. The van der Waals surface area contributed by atoms with Crippen molar-refractivity contribution >= 4 is 17.7 Å². The Morgan fingerprint density at radius 1 is 1.23 bits per heavy atom. The largest absolute Gasteiger partial charge is 0.353 e. The van der Waals surface area contributed by atoms with Gasteiger partial charge in [0.05, 0.1) is 17.3 Å². The molecule has 2 aromatic carbocycles. The Kier molecular flexibility index (Phi) is 6.72. The van der Waals surface area contributed by atoms with Gasteiger partial charge in [0.15, 0.2) is 0 Å². The predicted molar refractivity (Wildman–Crippen MR) is 113 cm³/mol. The molecule has 0 saturated carbocycles. The van der Waals surface area contributed by atoms with Gasteiger partial charge in [-0.3, -0.25) is 9.89 Å². The lowest BCUT2D eigenvalue weighted by Gasteiger charge is -2.15. The minimum absolute atomic E-state index is 0.00389. The minimum Gasteiger partial charge on any atom is -0.353 e. The maximum absolute atomic E-state index is 13.5. The highest BCUT2D eigenvalue weighted by Gasteiger charge is 2.13. The van der Waals surface area contributed by atoms with Crippen molar-refractivity contribution in [2.24, 2.45) is 4.99 Å². The number of rotatable bonds is 5. The number of aliphatic imine (C=N–C) groups is 1. The van der Waals surface area contributed by atoms with Crippen LogP contribution in [0, 0.1) is 23.0 Å². The topological polar surface area (TPSA) is 106 Å². The number of anilines is 1. The number of nitrogens with zero attached hydrogens (tertiary/aromatic N) is 3. The van der Waals surface area contributed by atoms with Gasteiger partial charge < -0.3 is 10.6 Å². The molecule has 0 spiro atoms. The summed E-state index contributed by atoms with van der Waals surface area (Å²) >= 11 is 0. The van der Waals surface area contributed by atoms with E-state index in [0.29, 0.717) is 17.1 Å². The van der Waals surface area contributed by atoms with Gasteiger partial charge in [0.25, 0.3) is 5.91 Å². The smallest absolute Gasteiger partial charge is 0.280 e. The third-order valence-electron chi connectivity index (χ3n) is 4.44. The van der Waals surface area contributed by atoms with Crippen LogP contribution in [0.2, 0.25) is 0 Å². The molecule has 3 aromatic rings. The molecule has 0 bridgehead atoms. The van der Waals surface area contributed by atoms with E-state index >= 15 is 0 Å². The molecule has 7 nitrogen and oxygen atoms in total. The molecule has 0 saturated heterocycles. The van der Waals surface area contributed by atoms with E-state index in [2.05, 4.69) is 25.8 Å². The summed E-state index contributed by atoms with van der Waals surface area (Å²) in [4.78, 5) is 16.7. The summed E-state index contributed by atoms with van der Waals surface area (Å²) < 4.78 is 27.0. The molecule has 0 aliphatic carbocycles. The van der Waals surface area contributed by atoms with Crippen molar-refractivity contribution in [2.45, 2.75) is 26.3 Å². The first-order chi connectivity index (χ1) is 14.9. The van der Waals surface area contributed by atoms with Crippen molar-refractivity contribution in [3.63, 3.8) is 0 Å². The number of carbonyl (C=O) groups is 1. The normalized spacial score (nSPS) is 12.2. The molecule has 1 heterocycles. The van der Waals surface area contributed by atoms with Gasteiger partial charge in [-0.25, -0.2) is 8.78 Å². The zero-order chi connectivity index (χ0) is 22.4. The lowest BCUT2D eigenvalue weighted by Crippen LogP contribution is -2.38. The fourth-order valence-electron chi connectivity index (χ4n) is 2.68. The molecule has 0 fully saturated rings. The van der Waals surface area contributed by atoms with E-state index in [1.54, 1.807) is 24.3 Å². The van der Waals surface area contributed by atoms with Crippen LogP contribution in [0.25, 0.3) is 11.3 Å². The number of benzene rings is 2. The number of carbonyl (C=O) groups excluding carboxylic acids is 1. The monoisotopic (exact) mass is 422 g/mol. The first kappa shape index (κ1) is 21.6. The Labute approximate surface area is 177 Å². The summed E-state index contributed by atoms with van der Waals surface area (Å²) in [5.74, 6) is -1.42. The van der Waals surface area contributed by atoms with Crippen molar-refractivity contribution in [3.8, 4) is 17.3 Å². The van der Waals surface area contributed by atoms with Gasteiger partial charge in [0.2, 0.25) is 5.96 Å². The Bertz CT molecular complexity index is 1140. The molecular formula is C22H20F2N6O. The molecule has 1 aromatic heterocycles. The molecule has 1 amide bonds. The highest BCUT2D eigenvalue weighted by molar-refractivity contribution is 6.06. The lowest BCUT2D eigenvalue weighted by molar-refractivity contribution is 0.100. The number of aromatic nitrogens is 2. The van der Waals surface area contributed by atoms with Gasteiger partial charge in [-0.2, -0.15) is 15.4 Å². The number of guanidine groups is 1. The van der Waals surface area contributed by atoms with Gasteiger partial charge in [0.1, 0.15) is 17.5 Å². The van der Waals surface area contributed by atoms with Gasteiger partial charge in [-0.1, -0.05) is 13.0 Å². The summed E-state index contributed by atoms with van der Waals surface area (Å²) in [6.45, 7) is 3.90. The van der Waals surface area contributed by atoms with E-state index in [1.165, 1.54) is 18.2 Å². The molecule has 0 aliphatic rings. The molecule has 9 heteroatoms. The lowest BCUT2D eigenvalue weighted by atomic mass is 10.1. The number of hydrogen-bond donors (Lipinski definition) is 3. The number of H-pyrrole nitrogens is 1. The molecule has 1 atom stereocenters. The van der Waals surface area contributed by atoms with E-state index in [-0.39, 0.29) is 23.1 Å². The Hall–Kier alpha value is -4.06. The predicted octanol–water partition coefficient (Wildman–Crippen LogP) is 4.22. The van der Waals surface area contributed by atoms with E-state index in [0.717, 1.165) is 12.5 Å². The standard InChI is InChI=1S/C22H20F2N6O/c1-3-13(2)26-22(28-21(31)15-6-4-5-14(7-15)12-25)27-20-11-19(29-30-20)16-8-17(23)10-18(24)9-16/h4-11,13H,3H2,1-2H3,(H3,26,27,28,29,30,31). The number of nitriles is 1. The molecular weight excluding hydrogens is 402 g/mol. The van der Waals surface area contributed by atoms with Gasteiger partial charge in [-0.15, -0.1) is 0 Å². The van der Waals surface area contributed by atoms with E-state index in [1.807, 2.05) is 19.9 Å². The summed E-state index contributed by atoms with van der Waals surface area (Å²) in [5.41, 5.74) is 1.20. The van der Waals surface area contributed by atoms with Crippen LogP contribution in [0.3, 0.4) is 0 Å². The van der Waals surface area contributed by atoms with Crippen LogP contribution in [0.4, 0.5) is 14.6 Å². The van der Waals surface area contributed by atoms with E-state index < -0.39 is 17.5 Å². The highest BCUT2D eigenvalue weighted by Crippen LogP contribution is 2.22. The molecule has 31 heavy (non-hydrogen) atoms. The van der Waals surface area contributed by atoms with Crippen LogP contribution in [-0.4, -0.2) is 28.1 Å². The fourth-order valence-corrected chi connectivity index (χ4v) is 2.68. The average Bonchev–Trinajstić information content (AvgIpc) is 3.21. The summed E-state index contributed by atoms with van der Waals surface area (Å²) in [5, 5.41) is 21.8. The summed E-state index contributed by atoms with van der Waals surface area (Å²) in [6, 6.07) is 12.9. The zero-order valence-electron chi connectivity index (χ0n) is 16.9. The van der Waals surface area contributed by atoms with Crippen molar-refractivity contribution in [1.29, 1.82) is 5.26 Å². The van der Waals surface area contributed by atoms with Crippen LogP contribution in [-0.2, 0) is 0 Å².